The second-order valence-corrected chi connectivity index (χ2v) is 6.53. The van der Waals surface area contributed by atoms with Crippen molar-refractivity contribution in [3.05, 3.63) is 72.1 Å². The molecule has 146 valence electrons. The van der Waals surface area contributed by atoms with Crippen LogP contribution in [0, 0.1) is 6.92 Å². The van der Waals surface area contributed by atoms with E-state index in [4.69, 9.17) is 4.74 Å². The van der Waals surface area contributed by atoms with Crippen LogP contribution in [-0.4, -0.2) is 44.1 Å². The number of aromatic nitrogens is 5. The molecule has 8 nitrogen and oxygen atoms in total. The van der Waals surface area contributed by atoms with Crippen LogP contribution in [0.15, 0.2) is 55.0 Å². The lowest BCUT2D eigenvalue weighted by Crippen LogP contribution is -2.26. The standard InChI is InChI=1S/C21H20N6O2/c1-14-3-4-16(12-23-14)21(28)22-10-9-19-25-20-11-18(24-13-27(20)26-19)15-5-7-17(29-2)8-6-15/h3-8,11-13H,9-10H2,1-2H3,(H,22,28). The molecule has 0 bridgehead atoms. The Labute approximate surface area is 167 Å². The van der Waals surface area contributed by atoms with Gasteiger partial charge in [-0.3, -0.25) is 9.78 Å². The molecule has 29 heavy (non-hydrogen) atoms. The normalized spacial score (nSPS) is 10.8. The summed E-state index contributed by atoms with van der Waals surface area (Å²) in [5.74, 6) is 1.27. The SMILES string of the molecule is COc1ccc(-c2cc3nc(CCNC(=O)c4ccc(C)nc4)nn3cn2)cc1. The Hall–Kier alpha value is -3.81. The van der Waals surface area contributed by atoms with Crippen LogP contribution < -0.4 is 10.1 Å². The van der Waals surface area contributed by atoms with E-state index in [-0.39, 0.29) is 5.91 Å². The van der Waals surface area contributed by atoms with Crippen molar-refractivity contribution in [2.75, 3.05) is 13.7 Å². The minimum Gasteiger partial charge on any atom is -0.497 e. The number of hydrogen-bond acceptors (Lipinski definition) is 6. The summed E-state index contributed by atoms with van der Waals surface area (Å²) in [6.45, 7) is 2.31. The molecule has 3 heterocycles. The molecule has 0 spiro atoms. The summed E-state index contributed by atoms with van der Waals surface area (Å²) in [5, 5.41) is 7.28. The van der Waals surface area contributed by atoms with Crippen molar-refractivity contribution in [1.82, 2.24) is 29.9 Å². The minimum atomic E-state index is -0.162. The Balaban J connectivity index is 1.42. The molecule has 1 N–H and O–H groups in total. The Morgan fingerprint density at radius 3 is 2.69 bits per heavy atom. The number of rotatable bonds is 6. The Kier molecular flexibility index (Phi) is 5.15. The fourth-order valence-electron chi connectivity index (χ4n) is 2.86. The molecule has 1 amide bonds. The summed E-state index contributed by atoms with van der Waals surface area (Å²) in [6.07, 6.45) is 3.73. The number of benzene rings is 1. The first-order chi connectivity index (χ1) is 14.1. The molecule has 0 atom stereocenters. The van der Waals surface area contributed by atoms with Gasteiger partial charge in [0, 0.05) is 36.5 Å². The van der Waals surface area contributed by atoms with Crippen LogP contribution >= 0.6 is 0 Å². The number of hydrogen-bond donors (Lipinski definition) is 1. The first-order valence-electron chi connectivity index (χ1n) is 9.19. The second-order valence-electron chi connectivity index (χ2n) is 6.53. The molecule has 8 heteroatoms. The maximum Gasteiger partial charge on any atom is 0.252 e. The van der Waals surface area contributed by atoms with Crippen LogP contribution in [0.3, 0.4) is 0 Å². The lowest BCUT2D eigenvalue weighted by molar-refractivity contribution is 0.0953. The lowest BCUT2D eigenvalue weighted by Gasteiger charge is -2.03. The predicted molar refractivity (Wildman–Crippen MR) is 108 cm³/mol. The number of carbonyl (C=O) groups excluding carboxylic acids is 1. The third kappa shape index (κ3) is 4.21. The second kappa shape index (κ2) is 8.05. The van der Waals surface area contributed by atoms with Gasteiger partial charge >= 0.3 is 0 Å². The zero-order chi connectivity index (χ0) is 20.2. The zero-order valence-corrected chi connectivity index (χ0v) is 16.2. The van der Waals surface area contributed by atoms with E-state index in [0.29, 0.717) is 30.0 Å². The van der Waals surface area contributed by atoms with Crippen molar-refractivity contribution < 1.29 is 9.53 Å². The number of nitrogens with one attached hydrogen (secondary N) is 1. The number of nitrogens with zero attached hydrogens (tertiary/aromatic N) is 5. The molecule has 0 unspecified atom stereocenters. The molecule has 0 radical (unpaired) electrons. The molecule has 0 aliphatic carbocycles. The fourth-order valence-corrected chi connectivity index (χ4v) is 2.86. The summed E-state index contributed by atoms with van der Waals surface area (Å²) in [5.41, 5.74) is 3.89. The van der Waals surface area contributed by atoms with Gasteiger partial charge in [-0.15, -0.1) is 5.10 Å². The fraction of sp³-hybridized carbons (Fsp3) is 0.190. The number of methoxy groups -OCH3 is 1. The van der Waals surface area contributed by atoms with Crippen LogP contribution in [0.4, 0.5) is 0 Å². The van der Waals surface area contributed by atoms with Crippen molar-refractivity contribution in [1.29, 1.82) is 0 Å². The topological polar surface area (TPSA) is 94.3 Å². The number of pyridine rings is 1. The molecule has 1 aromatic carbocycles. The van der Waals surface area contributed by atoms with E-state index < -0.39 is 0 Å². The summed E-state index contributed by atoms with van der Waals surface area (Å²) in [4.78, 5) is 25.3. The van der Waals surface area contributed by atoms with Gasteiger partial charge in [0.25, 0.3) is 5.91 Å². The van der Waals surface area contributed by atoms with Gasteiger partial charge in [-0.1, -0.05) is 0 Å². The highest BCUT2D eigenvalue weighted by molar-refractivity contribution is 5.93. The largest absolute Gasteiger partial charge is 0.497 e. The highest BCUT2D eigenvalue weighted by Crippen LogP contribution is 2.21. The summed E-state index contributed by atoms with van der Waals surface area (Å²) >= 11 is 0. The number of fused-ring (bicyclic) bond motifs is 1. The number of ether oxygens (including phenoxy) is 1. The van der Waals surface area contributed by atoms with E-state index >= 15 is 0 Å². The molecule has 4 aromatic rings. The third-order valence-corrected chi connectivity index (χ3v) is 4.47. The van der Waals surface area contributed by atoms with Gasteiger partial charge in [-0.25, -0.2) is 14.5 Å². The van der Waals surface area contributed by atoms with E-state index in [1.54, 1.807) is 30.2 Å². The molecule has 3 aromatic heterocycles. The smallest absolute Gasteiger partial charge is 0.252 e. The molecular weight excluding hydrogens is 368 g/mol. The molecule has 0 aliphatic heterocycles. The maximum atomic E-state index is 12.1. The predicted octanol–water partition coefficient (Wildman–Crippen LogP) is 2.48. The van der Waals surface area contributed by atoms with Crippen LogP contribution in [0.25, 0.3) is 16.9 Å². The van der Waals surface area contributed by atoms with Gasteiger partial charge in [-0.2, -0.15) is 0 Å². The molecule has 4 rings (SSSR count). The number of aryl methyl sites for hydroxylation is 1. The van der Waals surface area contributed by atoms with E-state index in [2.05, 4.69) is 25.4 Å². The van der Waals surface area contributed by atoms with Crippen LogP contribution in [0.2, 0.25) is 0 Å². The average molecular weight is 388 g/mol. The van der Waals surface area contributed by atoms with Crippen molar-refractivity contribution in [2.45, 2.75) is 13.3 Å². The van der Waals surface area contributed by atoms with Gasteiger partial charge in [0.15, 0.2) is 11.5 Å². The quantitative estimate of drug-likeness (QED) is 0.545. The highest BCUT2D eigenvalue weighted by Gasteiger charge is 2.09. The van der Waals surface area contributed by atoms with Crippen LogP contribution in [-0.2, 0) is 6.42 Å². The molecular formula is C21H20N6O2. The summed E-state index contributed by atoms with van der Waals surface area (Å²) < 4.78 is 6.82. The minimum absolute atomic E-state index is 0.162. The Morgan fingerprint density at radius 2 is 1.97 bits per heavy atom. The number of amides is 1. The first kappa shape index (κ1) is 18.5. The van der Waals surface area contributed by atoms with Crippen molar-refractivity contribution in [2.24, 2.45) is 0 Å². The maximum absolute atomic E-state index is 12.1. The zero-order valence-electron chi connectivity index (χ0n) is 16.2. The highest BCUT2D eigenvalue weighted by atomic mass is 16.5. The van der Waals surface area contributed by atoms with Crippen LogP contribution in [0.1, 0.15) is 21.9 Å². The van der Waals surface area contributed by atoms with Gasteiger partial charge in [-0.05, 0) is 43.3 Å². The average Bonchev–Trinajstić information content (AvgIpc) is 3.16. The van der Waals surface area contributed by atoms with Gasteiger partial charge in [0.1, 0.15) is 12.1 Å². The van der Waals surface area contributed by atoms with E-state index in [0.717, 1.165) is 22.7 Å². The van der Waals surface area contributed by atoms with Crippen molar-refractivity contribution in [3.8, 4) is 17.0 Å². The van der Waals surface area contributed by atoms with E-state index in [9.17, 15) is 4.79 Å². The number of carbonyl (C=O) groups is 1. The Morgan fingerprint density at radius 1 is 1.14 bits per heavy atom. The third-order valence-electron chi connectivity index (χ3n) is 4.47. The first-order valence-corrected chi connectivity index (χ1v) is 9.19. The van der Waals surface area contributed by atoms with Crippen molar-refractivity contribution >= 4 is 11.6 Å². The molecule has 0 saturated heterocycles. The lowest BCUT2D eigenvalue weighted by atomic mass is 10.1. The molecule has 0 saturated carbocycles. The van der Waals surface area contributed by atoms with E-state index in [1.165, 1.54) is 0 Å². The van der Waals surface area contributed by atoms with Gasteiger partial charge in [0.05, 0.1) is 18.4 Å². The molecule has 0 aliphatic rings. The van der Waals surface area contributed by atoms with Crippen molar-refractivity contribution in [3.63, 3.8) is 0 Å². The Bertz CT molecular complexity index is 1140. The van der Waals surface area contributed by atoms with Crippen LogP contribution in [0.5, 0.6) is 5.75 Å². The van der Waals surface area contributed by atoms with Gasteiger partial charge in [0.2, 0.25) is 0 Å². The van der Waals surface area contributed by atoms with E-state index in [1.807, 2.05) is 43.3 Å². The summed E-state index contributed by atoms with van der Waals surface area (Å²) in [7, 11) is 1.64. The monoisotopic (exact) mass is 388 g/mol. The summed E-state index contributed by atoms with van der Waals surface area (Å²) in [6, 6.07) is 13.1. The van der Waals surface area contributed by atoms with Gasteiger partial charge < -0.3 is 10.1 Å². The molecule has 0 fully saturated rings.